The van der Waals surface area contributed by atoms with Gasteiger partial charge in [-0.3, -0.25) is 4.79 Å². The van der Waals surface area contributed by atoms with E-state index in [9.17, 15) is 4.79 Å². The molecule has 0 saturated carbocycles. The smallest absolute Gasteiger partial charge is 0.174 e. The van der Waals surface area contributed by atoms with Crippen LogP contribution in [0.3, 0.4) is 0 Å². The van der Waals surface area contributed by atoms with E-state index >= 15 is 0 Å². The molecule has 4 nitrogen and oxygen atoms in total. The van der Waals surface area contributed by atoms with Gasteiger partial charge in [0.2, 0.25) is 0 Å². The number of hydrogen-bond acceptors (Lipinski definition) is 4. The van der Waals surface area contributed by atoms with Crippen LogP contribution < -0.4 is 9.47 Å². The van der Waals surface area contributed by atoms with Gasteiger partial charge in [0, 0.05) is 17.9 Å². The van der Waals surface area contributed by atoms with Crippen LogP contribution in [0.4, 0.5) is 0 Å². The Kier molecular flexibility index (Phi) is 4.03. The number of halogens is 1. The van der Waals surface area contributed by atoms with Crippen molar-refractivity contribution >= 4 is 21.7 Å². The molecule has 1 aromatic carbocycles. The minimum atomic E-state index is -0.134. The van der Waals surface area contributed by atoms with Crippen molar-refractivity contribution in [2.75, 3.05) is 27.8 Å². The largest absolute Gasteiger partial charge is 0.493 e. The molecule has 0 bridgehead atoms. The first-order valence-electron chi connectivity index (χ1n) is 7.36. The van der Waals surface area contributed by atoms with Crippen LogP contribution in [0.15, 0.2) is 28.8 Å². The summed E-state index contributed by atoms with van der Waals surface area (Å²) in [5.41, 5.74) is 1.03. The Hall–Kier alpha value is -1.33. The molecule has 2 atom stereocenters. The molecule has 2 unspecified atom stereocenters. The zero-order valence-corrected chi connectivity index (χ0v) is 14.6. The van der Waals surface area contributed by atoms with E-state index < -0.39 is 0 Å². The maximum absolute atomic E-state index is 11.8. The lowest BCUT2D eigenvalue weighted by Crippen LogP contribution is -2.43. The monoisotopic (exact) mass is 365 g/mol. The third kappa shape index (κ3) is 2.27. The minimum Gasteiger partial charge on any atom is -0.493 e. The van der Waals surface area contributed by atoms with Crippen molar-refractivity contribution in [3.8, 4) is 11.5 Å². The molecule has 0 aromatic heterocycles. The van der Waals surface area contributed by atoms with E-state index in [1.54, 1.807) is 20.3 Å². The van der Waals surface area contributed by atoms with Crippen molar-refractivity contribution in [3.05, 3.63) is 34.3 Å². The number of likely N-dealkylation sites (N-methyl/N-ethyl adjacent to an activating group) is 1. The molecule has 1 aliphatic heterocycles. The molecular weight excluding hydrogens is 346 g/mol. The molecule has 0 spiro atoms. The van der Waals surface area contributed by atoms with Gasteiger partial charge in [0.15, 0.2) is 17.3 Å². The number of hydrogen-bond donors (Lipinski definition) is 0. The Bertz CT molecular complexity index is 643. The molecule has 1 saturated heterocycles. The lowest BCUT2D eigenvalue weighted by atomic mass is 9.69. The summed E-state index contributed by atoms with van der Waals surface area (Å²) in [5, 5.41) is 0. The molecule has 1 heterocycles. The second kappa shape index (κ2) is 5.70. The first-order valence-corrected chi connectivity index (χ1v) is 8.15. The summed E-state index contributed by atoms with van der Waals surface area (Å²) in [6.07, 6.45) is 5.39. The Morgan fingerprint density at radius 2 is 2.09 bits per heavy atom. The number of carbonyl (C=O) groups is 1. The fourth-order valence-electron chi connectivity index (χ4n) is 3.73. The van der Waals surface area contributed by atoms with Crippen molar-refractivity contribution in [2.24, 2.45) is 0 Å². The number of fused-ring (bicyclic) bond motifs is 1. The number of benzene rings is 1. The number of allylic oxidation sites excluding steroid dienone is 1. The Labute approximate surface area is 139 Å². The van der Waals surface area contributed by atoms with E-state index in [1.165, 1.54) is 0 Å². The highest BCUT2D eigenvalue weighted by atomic mass is 79.9. The maximum Gasteiger partial charge on any atom is 0.174 e. The number of rotatable bonds is 3. The molecule has 1 aromatic rings. The molecule has 3 rings (SSSR count). The molecule has 118 valence electrons. The second-order valence-electron chi connectivity index (χ2n) is 5.98. The number of ketones is 1. The highest BCUT2D eigenvalue weighted by Gasteiger charge is 2.48. The molecule has 1 fully saturated rings. The van der Waals surface area contributed by atoms with Crippen LogP contribution in [0.1, 0.15) is 18.4 Å². The summed E-state index contributed by atoms with van der Waals surface area (Å²) in [6, 6.07) is 4.33. The molecular formula is C17H20BrNO3. The fraction of sp³-hybridized carbons (Fsp3) is 0.471. The zero-order valence-electron chi connectivity index (χ0n) is 13.1. The van der Waals surface area contributed by atoms with Crippen LogP contribution in [0.2, 0.25) is 0 Å². The fourth-order valence-corrected chi connectivity index (χ4v) is 4.33. The highest BCUT2D eigenvalue weighted by molar-refractivity contribution is 9.10. The number of carbonyl (C=O) groups excluding carboxylic acids is 1. The topological polar surface area (TPSA) is 38.8 Å². The number of likely N-dealkylation sites (tertiary alicyclic amines) is 1. The van der Waals surface area contributed by atoms with E-state index in [4.69, 9.17) is 9.47 Å². The zero-order chi connectivity index (χ0) is 15.9. The summed E-state index contributed by atoms with van der Waals surface area (Å²) in [5.74, 6) is 1.61. The van der Waals surface area contributed by atoms with Crippen LogP contribution in [0, 0.1) is 0 Å². The van der Waals surface area contributed by atoms with E-state index in [-0.39, 0.29) is 17.2 Å². The normalized spacial score (nSPS) is 27.8. The van der Waals surface area contributed by atoms with Gasteiger partial charge in [0.05, 0.1) is 18.7 Å². The molecule has 2 aliphatic rings. The standard InChI is InChI=1S/C17H20BrNO3/c1-19-7-6-17(5-4-12(20)10-15(17)19)11-8-13(18)16(22-3)14(9-11)21-2/h4-5,8-9,15H,6-7,10H2,1-3H3. The number of methoxy groups -OCH3 is 2. The van der Waals surface area contributed by atoms with Gasteiger partial charge in [-0.1, -0.05) is 6.08 Å². The molecule has 0 amide bonds. The molecule has 22 heavy (non-hydrogen) atoms. The summed E-state index contributed by atoms with van der Waals surface area (Å²) in [6.45, 7) is 0.980. The van der Waals surface area contributed by atoms with Crippen molar-refractivity contribution in [2.45, 2.75) is 24.3 Å². The first-order chi connectivity index (χ1) is 10.5. The summed E-state index contributed by atoms with van der Waals surface area (Å²) < 4.78 is 11.8. The van der Waals surface area contributed by atoms with Crippen LogP contribution >= 0.6 is 15.9 Å². The summed E-state index contributed by atoms with van der Waals surface area (Å²) >= 11 is 3.58. The predicted molar refractivity (Wildman–Crippen MR) is 88.7 cm³/mol. The van der Waals surface area contributed by atoms with Gasteiger partial charge >= 0.3 is 0 Å². The molecule has 0 N–H and O–H groups in total. The average molecular weight is 366 g/mol. The summed E-state index contributed by atoms with van der Waals surface area (Å²) in [4.78, 5) is 14.1. The van der Waals surface area contributed by atoms with E-state index in [2.05, 4.69) is 40.0 Å². The van der Waals surface area contributed by atoms with Gasteiger partial charge in [-0.05, 0) is 59.7 Å². The third-order valence-corrected chi connectivity index (χ3v) is 5.53. The maximum atomic E-state index is 11.8. The Balaban J connectivity index is 2.15. The Morgan fingerprint density at radius 3 is 2.77 bits per heavy atom. The number of nitrogens with zero attached hydrogens (tertiary/aromatic N) is 1. The van der Waals surface area contributed by atoms with Crippen LogP contribution in [0.25, 0.3) is 0 Å². The molecule has 5 heteroatoms. The Morgan fingerprint density at radius 1 is 1.32 bits per heavy atom. The van der Waals surface area contributed by atoms with Gasteiger partial charge < -0.3 is 14.4 Å². The first kappa shape index (κ1) is 15.6. The minimum absolute atomic E-state index is 0.134. The molecule has 0 radical (unpaired) electrons. The van der Waals surface area contributed by atoms with E-state index in [0.717, 1.165) is 23.0 Å². The van der Waals surface area contributed by atoms with Gasteiger partial charge in [-0.25, -0.2) is 0 Å². The van der Waals surface area contributed by atoms with Crippen molar-refractivity contribution in [1.82, 2.24) is 4.90 Å². The lowest BCUT2D eigenvalue weighted by molar-refractivity contribution is -0.116. The number of ether oxygens (including phenoxy) is 2. The van der Waals surface area contributed by atoms with Crippen LogP contribution in [-0.4, -0.2) is 44.5 Å². The molecule has 1 aliphatic carbocycles. The highest BCUT2D eigenvalue weighted by Crippen LogP contribution is 2.48. The lowest BCUT2D eigenvalue weighted by Gasteiger charge is -2.37. The van der Waals surface area contributed by atoms with Gasteiger partial charge in [0.1, 0.15) is 0 Å². The van der Waals surface area contributed by atoms with E-state index in [0.29, 0.717) is 17.9 Å². The van der Waals surface area contributed by atoms with Crippen molar-refractivity contribution in [1.29, 1.82) is 0 Å². The SMILES string of the molecule is COc1cc(C23C=CC(=O)CC2N(C)CC3)cc(Br)c1OC. The van der Waals surface area contributed by atoms with Crippen LogP contribution in [-0.2, 0) is 10.2 Å². The quantitative estimate of drug-likeness (QED) is 0.825. The van der Waals surface area contributed by atoms with Crippen LogP contribution in [0.5, 0.6) is 11.5 Å². The van der Waals surface area contributed by atoms with Crippen molar-refractivity contribution < 1.29 is 14.3 Å². The van der Waals surface area contributed by atoms with Gasteiger partial charge in [-0.15, -0.1) is 0 Å². The van der Waals surface area contributed by atoms with Crippen molar-refractivity contribution in [3.63, 3.8) is 0 Å². The average Bonchev–Trinajstić information content (AvgIpc) is 2.84. The summed E-state index contributed by atoms with van der Waals surface area (Å²) in [7, 11) is 5.37. The van der Waals surface area contributed by atoms with Gasteiger partial charge in [-0.2, -0.15) is 0 Å². The van der Waals surface area contributed by atoms with E-state index in [1.807, 2.05) is 6.07 Å². The third-order valence-electron chi connectivity index (χ3n) is 4.94. The second-order valence-corrected chi connectivity index (χ2v) is 6.84. The van der Waals surface area contributed by atoms with Gasteiger partial charge in [0.25, 0.3) is 0 Å². The predicted octanol–water partition coefficient (Wildman–Crippen LogP) is 2.94.